The molecule has 0 aromatic carbocycles. The fraction of sp³-hybridized carbons (Fsp3) is 0.643. The Labute approximate surface area is 103 Å². The molecule has 2 heterocycles. The van der Waals surface area contributed by atoms with Crippen LogP contribution < -0.4 is 5.73 Å². The van der Waals surface area contributed by atoms with Crippen LogP contribution in [0, 0.1) is 5.92 Å². The van der Waals surface area contributed by atoms with E-state index in [1.54, 1.807) is 12.4 Å². The number of hydrogen-bond acceptors (Lipinski definition) is 3. The molecular weight excluding hydrogens is 212 g/mol. The Morgan fingerprint density at radius 2 is 1.88 bits per heavy atom. The molecule has 0 saturated carbocycles. The monoisotopic (exact) mass is 234 g/mol. The third-order valence-corrected chi connectivity index (χ3v) is 3.67. The van der Waals surface area contributed by atoms with E-state index in [-0.39, 0.29) is 17.2 Å². The molecule has 1 fully saturated rings. The van der Waals surface area contributed by atoms with Gasteiger partial charge in [-0.2, -0.15) is 0 Å². The number of pyridine rings is 1. The highest BCUT2D eigenvalue weighted by Gasteiger charge is 2.48. The molecule has 0 amide bonds. The first-order valence-corrected chi connectivity index (χ1v) is 6.17. The van der Waals surface area contributed by atoms with Crippen molar-refractivity contribution in [2.75, 3.05) is 0 Å². The maximum atomic E-state index is 6.39. The molecule has 2 N–H and O–H groups in total. The van der Waals surface area contributed by atoms with Gasteiger partial charge in [0.15, 0.2) is 0 Å². The van der Waals surface area contributed by atoms with Crippen LogP contribution in [0.25, 0.3) is 0 Å². The maximum Gasteiger partial charge on any atom is 0.0680 e. The van der Waals surface area contributed by atoms with Gasteiger partial charge in [0, 0.05) is 24.4 Å². The predicted octanol–water partition coefficient (Wildman–Crippen LogP) is 2.68. The van der Waals surface area contributed by atoms with Crippen molar-refractivity contribution in [2.24, 2.45) is 11.7 Å². The van der Waals surface area contributed by atoms with Gasteiger partial charge < -0.3 is 10.5 Å². The summed E-state index contributed by atoms with van der Waals surface area (Å²) in [5.41, 5.74) is 7.27. The van der Waals surface area contributed by atoms with Crippen molar-refractivity contribution in [1.82, 2.24) is 4.98 Å². The Bertz CT molecular complexity index is 386. The van der Waals surface area contributed by atoms with Crippen LogP contribution in [0.1, 0.15) is 45.7 Å². The second kappa shape index (κ2) is 4.07. The summed E-state index contributed by atoms with van der Waals surface area (Å²) in [6.07, 6.45) is 4.58. The van der Waals surface area contributed by atoms with Crippen LogP contribution >= 0.6 is 0 Å². The second-order valence-corrected chi connectivity index (χ2v) is 6.08. The molecule has 2 rings (SSSR count). The highest BCUT2D eigenvalue weighted by Crippen LogP contribution is 2.46. The lowest BCUT2D eigenvalue weighted by Gasteiger charge is -2.31. The summed E-state index contributed by atoms with van der Waals surface area (Å²) >= 11 is 0. The molecule has 1 saturated heterocycles. The molecule has 1 aromatic rings. The largest absolute Gasteiger partial charge is 0.369 e. The second-order valence-electron chi connectivity index (χ2n) is 6.08. The summed E-state index contributed by atoms with van der Waals surface area (Å²) in [7, 11) is 0. The fourth-order valence-corrected chi connectivity index (χ4v) is 2.98. The minimum absolute atomic E-state index is 0.00905. The Balaban J connectivity index is 2.23. The fourth-order valence-electron chi connectivity index (χ4n) is 2.98. The first-order chi connectivity index (χ1) is 7.82. The molecular formula is C14H22N2O. The molecule has 0 spiro atoms. The minimum atomic E-state index is -0.174. The van der Waals surface area contributed by atoms with E-state index in [1.807, 2.05) is 12.1 Å². The van der Waals surface area contributed by atoms with Crippen molar-refractivity contribution >= 4 is 0 Å². The van der Waals surface area contributed by atoms with E-state index in [1.165, 1.54) is 0 Å². The third kappa shape index (κ3) is 2.50. The summed E-state index contributed by atoms with van der Waals surface area (Å²) in [5, 5.41) is 0. The quantitative estimate of drug-likeness (QED) is 0.855. The van der Waals surface area contributed by atoms with Crippen molar-refractivity contribution in [2.45, 2.75) is 51.4 Å². The van der Waals surface area contributed by atoms with Crippen LogP contribution in [0.5, 0.6) is 0 Å². The molecule has 0 bridgehead atoms. The lowest BCUT2D eigenvalue weighted by atomic mass is 9.79. The van der Waals surface area contributed by atoms with Gasteiger partial charge in [0.05, 0.1) is 11.2 Å². The van der Waals surface area contributed by atoms with Crippen molar-refractivity contribution in [1.29, 1.82) is 0 Å². The van der Waals surface area contributed by atoms with E-state index in [2.05, 4.69) is 32.7 Å². The molecule has 1 aliphatic heterocycles. The van der Waals surface area contributed by atoms with E-state index in [9.17, 15) is 0 Å². The van der Waals surface area contributed by atoms with Crippen molar-refractivity contribution in [3.8, 4) is 0 Å². The highest BCUT2D eigenvalue weighted by atomic mass is 16.5. The normalized spacial score (nSPS) is 27.9. The average molecular weight is 234 g/mol. The maximum absolute atomic E-state index is 6.39. The van der Waals surface area contributed by atoms with Crippen LogP contribution in [0.4, 0.5) is 0 Å². The van der Waals surface area contributed by atoms with Crippen LogP contribution in [-0.4, -0.2) is 16.2 Å². The molecule has 3 nitrogen and oxygen atoms in total. The van der Waals surface area contributed by atoms with Gasteiger partial charge >= 0.3 is 0 Å². The first kappa shape index (κ1) is 12.5. The molecule has 0 radical (unpaired) electrons. The van der Waals surface area contributed by atoms with Crippen molar-refractivity contribution in [3.63, 3.8) is 0 Å². The number of ether oxygens (including phenoxy) is 1. The first-order valence-electron chi connectivity index (χ1n) is 6.17. The zero-order valence-corrected chi connectivity index (χ0v) is 11.1. The molecule has 1 aromatic heterocycles. The Morgan fingerprint density at radius 1 is 1.29 bits per heavy atom. The van der Waals surface area contributed by atoms with Gasteiger partial charge in [0.1, 0.15) is 0 Å². The number of rotatable bonds is 2. The summed E-state index contributed by atoms with van der Waals surface area (Å²) in [6.45, 7) is 8.53. The molecule has 2 atom stereocenters. The van der Waals surface area contributed by atoms with E-state index in [0.29, 0.717) is 5.92 Å². The average Bonchev–Trinajstić information content (AvgIpc) is 2.47. The summed E-state index contributed by atoms with van der Waals surface area (Å²) in [6, 6.07) is 3.99. The summed E-state index contributed by atoms with van der Waals surface area (Å²) in [5.74, 6) is 0.333. The molecule has 0 aliphatic carbocycles. The number of nitrogens with two attached hydrogens (primary N) is 1. The molecule has 94 valence electrons. The van der Waals surface area contributed by atoms with E-state index in [4.69, 9.17) is 10.5 Å². The van der Waals surface area contributed by atoms with Crippen molar-refractivity contribution < 1.29 is 4.74 Å². The van der Waals surface area contributed by atoms with Gasteiger partial charge in [-0.3, -0.25) is 4.98 Å². The Hall–Kier alpha value is -0.930. The predicted molar refractivity (Wildman–Crippen MR) is 68.5 cm³/mol. The molecule has 2 unspecified atom stereocenters. The SMILES string of the molecule is CC1(C)CC(C(N)c2ccncc2)C(C)(C)O1. The van der Waals surface area contributed by atoms with Gasteiger partial charge in [0.25, 0.3) is 0 Å². The van der Waals surface area contributed by atoms with Crippen LogP contribution in [0.2, 0.25) is 0 Å². The number of hydrogen-bond donors (Lipinski definition) is 1. The van der Waals surface area contributed by atoms with Gasteiger partial charge in [-0.25, -0.2) is 0 Å². The molecule has 17 heavy (non-hydrogen) atoms. The van der Waals surface area contributed by atoms with Crippen LogP contribution in [0.3, 0.4) is 0 Å². The zero-order chi connectivity index (χ0) is 12.7. The van der Waals surface area contributed by atoms with Crippen molar-refractivity contribution in [3.05, 3.63) is 30.1 Å². The highest BCUT2D eigenvalue weighted by molar-refractivity contribution is 5.18. The van der Waals surface area contributed by atoms with E-state index >= 15 is 0 Å². The van der Waals surface area contributed by atoms with Crippen LogP contribution in [-0.2, 0) is 4.74 Å². The topological polar surface area (TPSA) is 48.1 Å². The van der Waals surface area contributed by atoms with E-state index in [0.717, 1.165) is 12.0 Å². The lowest BCUT2D eigenvalue weighted by molar-refractivity contribution is -0.0767. The summed E-state index contributed by atoms with van der Waals surface area (Å²) < 4.78 is 6.10. The number of nitrogens with zero attached hydrogens (tertiary/aromatic N) is 1. The number of aromatic nitrogens is 1. The lowest BCUT2D eigenvalue weighted by Crippen LogP contribution is -2.35. The smallest absolute Gasteiger partial charge is 0.0680 e. The Kier molecular flexibility index (Phi) is 3.00. The van der Waals surface area contributed by atoms with Gasteiger partial charge in [0.2, 0.25) is 0 Å². The van der Waals surface area contributed by atoms with Gasteiger partial charge in [-0.1, -0.05) is 0 Å². The van der Waals surface area contributed by atoms with Crippen LogP contribution in [0.15, 0.2) is 24.5 Å². The molecule has 3 heteroatoms. The molecule has 1 aliphatic rings. The Morgan fingerprint density at radius 3 is 2.35 bits per heavy atom. The third-order valence-electron chi connectivity index (χ3n) is 3.67. The summed E-state index contributed by atoms with van der Waals surface area (Å²) in [4.78, 5) is 4.03. The van der Waals surface area contributed by atoms with E-state index < -0.39 is 0 Å². The zero-order valence-electron chi connectivity index (χ0n) is 11.1. The van der Waals surface area contributed by atoms with Gasteiger partial charge in [-0.05, 0) is 51.8 Å². The van der Waals surface area contributed by atoms with Gasteiger partial charge in [-0.15, -0.1) is 0 Å². The minimum Gasteiger partial charge on any atom is -0.369 e. The standard InChI is InChI=1S/C14H22N2O/c1-13(2)9-11(14(3,4)17-13)12(15)10-5-7-16-8-6-10/h5-8,11-12H,9,15H2,1-4H3.